The first-order chi connectivity index (χ1) is 14.3. The van der Waals surface area contributed by atoms with Gasteiger partial charge in [0.05, 0.1) is 29.9 Å². The zero-order valence-electron chi connectivity index (χ0n) is 18.3. The van der Waals surface area contributed by atoms with Crippen LogP contribution in [0.25, 0.3) is 5.57 Å². The average molecular weight is 423 g/mol. The quantitative estimate of drug-likeness (QED) is 0.723. The molecule has 0 amide bonds. The maximum atomic E-state index is 5.71. The Morgan fingerprint density at radius 2 is 2.03 bits per heavy atom. The molecule has 2 aliphatic heterocycles. The number of hydrogen-bond acceptors (Lipinski definition) is 4. The third-order valence-corrected chi connectivity index (χ3v) is 6.67. The lowest BCUT2D eigenvalue weighted by Crippen LogP contribution is -2.42. The Kier molecular flexibility index (Phi) is 5.55. The van der Waals surface area contributed by atoms with Gasteiger partial charge in [-0.1, -0.05) is 18.2 Å². The number of thiocarbonyl (C=S) groups is 1. The minimum atomic E-state index is -0.00403. The predicted molar refractivity (Wildman–Crippen MR) is 127 cm³/mol. The third-order valence-electron chi connectivity index (χ3n) is 6.32. The minimum absolute atomic E-state index is 0.00389. The second-order valence-corrected chi connectivity index (χ2v) is 9.02. The number of anilines is 1. The summed E-state index contributed by atoms with van der Waals surface area (Å²) in [4.78, 5) is 9.19. The second-order valence-electron chi connectivity index (χ2n) is 8.63. The molecule has 2 atom stereocenters. The van der Waals surface area contributed by atoms with Crippen LogP contribution in [0, 0.1) is 0 Å². The van der Waals surface area contributed by atoms with E-state index in [0.29, 0.717) is 6.61 Å². The Bertz CT molecular complexity index is 972. The van der Waals surface area contributed by atoms with E-state index in [0.717, 1.165) is 17.4 Å². The highest BCUT2D eigenvalue weighted by Gasteiger charge is 2.40. The van der Waals surface area contributed by atoms with Crippen LogP contribution in [0.2, 0.25) is 0 Å². The van der Waals surface area contributed by atoms with Gasteiger partial charge in [0.1, 0.15) is 0 Å². The number of nitrogens with zero attached hydrogens (tertiary/aromatic N) is 3. The molecule has 0 spiro atoms. The number of likely N-dealkylation sites (N-methyl/N-ethyl adjacent to an activating group) is 1. The molecule has 1 N–H and O–H groups in total. The Hall–Kier alpha value is -2.44. The van der Waals surface area contributed by atoms with Gasteiger partial charge < -0.3 is 19.9 Å². The summed E-state index contributed by atoms with van der Waals surface area (Å²) >= 11 is 5.71. The fourth-order valence-electron chi connectivity index (χ4n) is 4.56. The van der Waals surface area contributed by atoms with E-state index in [4.69, 9.17) is 17.0 Å². The maximum Gasteiger partial charge on any atom is 0.170 e. The minimum Gasteiger partial charge on any atom is -0.383 e. The molecule has 3 heterocycles. The van der Waals surface area contributed by atoms with E-state index in [-0.39, 0.29) is 17.6 Å². The van der Waals surface area contributed by atoms with Crippen molar-refractivity contribution in [3.8, 4) is 0 Å². The normalized spacial score (nSPS) is 22.6. The smallest absolute Gasteiger partial charge is 0.170 e. The molecule has 5 nitrogen and oxygen atoms in total. The number of benzene rings is 1. The zero-order valence-corrected chi connectivity index (χ0v) is 19.2. The van der Waals surface area contributed by atoms with E-state index in [1.54, 1.807) is 7.11 Å². The lowest BCUT2D eigenvalue weighted by Gasteiger charge is -2.41. The summed E-state index contributed by atoms with van der Waals surface area (Å²) in [5.41, 5.74) is 6.06. The molecule has 1 aromatic carbocycles. The number of pyridine rings is 1. The fourth-order valence-corrected chi connectivity index (χ4v) is 4.89. The molecular formula is C24H30N4OS. The van der Waals surface area contributed by atoms with Gasteiger partial charge in [0.15, 0.2) is 5.11 Å². The van der Waals surface area contributed by atoms with E-state index < -0.39 is 0 Å². The molecule has 2 aromatic rings. The number of nitrogens with one attached hydrogen (secondary N) is 1. The second kappa shape index (κ2) is 8.00. The van der Waals surface area contributed by atoms with Crippen molar-refractivity contribution in [2.45, 2.75) is 38.4 Å². The molecule has 158 valence electrons. The summed E-state index contributed by atoms with van der Waals surface area (Å²) in [5, 5.41) is 4.25. The number of allylic oxidation sites excluding steroid dienone is 1. The molecule has 0 aliphatic carbocycles. The van der Waals surface area contributed by atoms with Crippen molar-refractivity contribution in [2.24, 2.45) is 0 Å². The van der Waals surface area contributed by atoms with Gasteiger partial charge in [0.2, 0.25) is 0 Å². The van der Waals surface area contributed by atoms with E-state index in [9.17, 15) is 0 Å². The number of rotatable bonds is 5. The van der Waals surface area contributed by atoms with Gasteiger partial charge in [-0.3, -0.25) is 4.98 Å². The van der Waals surface area contributed by atoms with Gasteiger partial charge in [-0.2, -0.15) is 0 Å². The maximum absolute atomic E-state index is 5.71. The molecule has 4 rings (SSSR count). The molecule has 1 aromatic heterocycles. The van der Waals surface area contributed by atoms with Crippen LogP contribution < -0.4 is 10.2 Å². The first kappa shape index (κ1) is 20.8. The summed E-state index contributed by atoms with van der Waals surface area (Å²) in [7, 11) is 3.89. The molecule has 0 bridgehead atoms. The SMILES string of the molecule is COCCN1C(=S)N[C@H](c2ccccn2)[C@@H]1c1ccc2c(c1)C(C)=CC(C)(C)N2C. The van der Waals surface area contributed by atoms with Gasteiger partial charge >= 0.3 is 0 Å². The topological polar surface area (TPSA) is 40.6 Å². The average Bonchev–Trinajstić information content (AvgIpc) is 3.06. The molecule has 1 fully saturated rings. The lowest BCUT2D eigenvalue weighted by molar-refractivity contribution is 0.164. The van der Waals surface area contributed by atoms with Crippen LogP contribution in [-0.4, -0.2) is 47.8 Å². The molecule has 0 radical (unpaired) electrons. The van der Waals surface area contributed by atoms with Crippen molar-refractivity contribution in [3.63, 3.8) is 0 Å². The molecule has 1 saturated heterocycles. The van der Waals surface area contributed by atoms with E-state index >= 15 is 0 Å². The standard InChI is InChI=1S/C24H30N4OS/c1-16-15-24(2,3)27(4)20-10-9-17(14-18(16)20)22-21(19-8-6-7-11-25-19)26-23(30)28(22)12-13-29-5/h6-11,14-15,21-22H,12-13H2,1-5H3,(H,26,30)/t21-,22+/m1/s1. The van der Waals surface area contributed by atoms with Crippen LogP contribution >= 0.6 is 12.2 Å². The summed E-state index contributed by atoms with van der Waals surface area (Å²) < 4.78 is 5.36. The van der Waals surface area contributed by atoms with Gasteiger partial charge in [-0.25, -0.2) is 0 Å². The van der Waals surface area contributed by atoms with Gasteiger partial charge in [-0.15, -0.1) is 0 Å². The number of aromatic nitrogens is 1. The van der Waals surface area contributed by atoms with Crippen LogP contribution in [0.15, 0.2) is 48.7 Å². The fraction of sp³-hybridized carbons (Fsp3) is 0.417. The Balaban J connectivity index is 1.79. The largest absolute Gasteiger partial charge is 0.383 e. The van der Waals surface area contributed by atoms with Crippen molar-refractivity contribution in [1.82, 2.24) is 15.2 Å². The highest BCUT2D eigenvalue weighted by molar-refractivity contribution is 7.80. The Morgan fingerprint density at radius 1 is 1.23 bits per heavy atom. The molecule has 2 aliphatic rings. The van der Waals surface area contributed by atoms with E-state index in [2.05, 4.69) is 78.3 Å². The van der Waals surface area contributed by atoms with Crippen LogP contribution in [0.5, 0.6) is 0 Å². The number of ether oxygens (including phenoxy) is 1. The molecule has 0 saturated carbocycles. The summed E-state index contributed by atoms with van der Waals surface area (Å²) in [6, 6.07) is 12.9. The van der Waals surface area contributed by atoms with Crippen molar-refractivity contribution in [2.75, 3.05) is 32.2 Å². The number of hydrogen-bond donors (Lipinski definition) is 1. The molecule has 30 heavy (non-hydrogen) atoms. The summed E-state index contributed by atoms with van der Waals surface area (Å²) in [6.45, 7) is 8.05. The van der Waals surface area contributed by atoms with Crippen LogP contribution in [0.3, 0.4) is 0 Å². The Labute approximate surface area is 184 Å². The van der Waals surface area contributed by atoms with Crippen LogP contribution in [0.4, 0.5) is 5.69 Å². The highest BCUT2D eigenvalue weighted by Crippen LogP contribution is 2.43. The zero-order chi connectivity index (χ0) is 21.5. The molecular weight excluding hydrogens is 392 g/mol. The van der Waals surface area contributed by atoms with Crippen LogP contribution in [-0.2, 0) is 4.74 Å². The lowest BCUT2D eigenvalue weighted by atomic mass is 9.86. The predicted octanol–water partition coefficient (Wildman–Crippen LogP) is 4.33. The van der Waals surface area contributed by atoms with Crippen molar-refractivity contribution < 1.29 is 4.74 Å². The van der Waals surface area contributed by atoms with Crippen molar-refractivity contribution in [1.29, 1.82) is 0 Å². The Morgan fingerprint density at radius 3 is 2.73 bits per heavy atom. The molecule has 0 unspecified atom stereocenters. The number of methoxy groups -OCH3 is 1. The summed E-state index contributed by atoms with van der Waals surface area (Å²) in [5.74, 6) is 0. The van der Waals surface area contributed by atoms with Gasteiger partial charge in [0, 0.05) is 38.1 Å². The van der Waals surface area contributed by atoms with E-state index in [1.165, 1.54) is 22.4 Å². The molecule has 6 heteroatoms. The highest BCUT2D eigenvalue weighted by atomic mass is 32.1. The van der Waals surface area contributed by atoms with E-state index in [1.807, 2.05) is 18.3 Å². The van der Waals surface area contributed by atoms with Gasteiger partial charge in [0.25, 0.3) is 0 Å². The van der Waals surface area contributed by atoms with Crippen molar-refractivity contribution in [3.05, 3.63) is 65.5 Å². The van der Waals surface area contributed by atoms with Crippen LogP contribution in [0.1, 0.15) is 49.7 Å². The monoisotopic (exact) mass is 422 g/mol. The third kappa shape index (κ3) is 3.59. The number of fused-ring (bicyclic) bond motifs is 1. The van der Waals surface area contributed by atoms with Gasteiger partial charge in [-0.05, 0) is 68.4 Å². The first-order valence-electron chi connectivity index (χ1n) is 10.4. The summed E-state index contributed by atoms with van der Waals surface area (Å²) in [6.07, 6.45) is 4.18. The first-order valence-corrected chi connectivity index (χ1v) is 10.8. The van der Waals surface area contributed by atoms with Crippen molar-refractivity contribution >= 4 is 28.6 Å².